The molecule has 0 aliphatic carbocycles. The first-order valence-corrected chi connectivity index (χ1v) is 6.39. The van der Waals surface area contributed by atoms with E-state index in [1.165, 1.54) is 0 Å². The summed E-state index contributed by atoms with van der Waals surface area (Å²) in [6, 6.07) is 7.79. The Balaban J connectivity index is 2.34. The van der Waals surface area contributed by atoms with Crippen LogP contribution in [0.2, 0.25) is 0 Å². The molecule has 1 aliphatic rings. The Labute approximate surface area is 113 Å². The number of hydrogen-bond acceptors (Lipinski definition) is 4. The van der Waals surface area contributed by atoms with Crippen molar-refractivity contribution in [2.45, 2.75) is 19.5 Å². The number of amides is 1. The Bertz CT molecular complexity index is 521. The molecule has 5 heteroatoms. The van der Waals surface area contributed by atoms with Gasteiger partial charge in [-0.25, -0.2) is 0 Å². The van der Waals surface area contributed by atoms with E-state index in [0.717, 1.165) is 24.3 Å². The summed E-state index contributed by atoms with van der Waals surface area (Å²) >= 11 is 0. The van der Waals surface area contributed by atoms with Crippen molar-refractivity contribution in [1.29, 1.82) is 5.26 Å². The van der Waals surface area contributed by atoms with E-state index in [2.05, 4.69) is 16.7 Å². The predicted molar refractivity (Wildman–Crippen MR) is 73.7 cm³/mol. The van der Waals surface area contributed by atoms with E-state index in [0.29, 0.717) is 12.1 Å². The summed E-state index contributed by atoms with van der Waals surface area (Å²) in [6.45, 7) is 3.93. The Kier molecular flexibility index (Phi) is 4.03. The van der Waals surface area contributed by atoms with Crippen molar-refractivity contribution < 1.29 is 4.79 Å². The van der Waals surface area contributed by atoms with Crippen LogP contribution in [0.15, 0.2) is 18.2 Å². The summed E-state index contributed by atoms with van der Waals surface area (Å²) in [7, 11) is 1.87. The summed E-state index contributed by atoms with van der Waals surface area (Å²) in [5, 5.41) is 15.2. The zero-order chi connectivity index (χ0) is 13.8. The van der Waals surface area contributed by atoms with Crippen molar-refractivity contribution in [2.24, 2.45) is 0 Å². The fourth-order valence-electron chi connectivity index (χ4n) is 2.35. The van der Waals surface area contributed by atoms with Crippen LogP contribution in [0.3, 0.4) is 0 Å². The summed E-state index contributed by atoms with van der Waals surface area (Å²) in [4.78, 5) is 13.7. The zero-order valence-corrected chi connectivity index (χ0v) is 11.2. The largest absolute Gasteiger partial charge is 0.357 e. The van der Waals surface area contributed by atoms with Gasteiger partial charge >= 0.3 is 0 Å². The quantitative estimate of drug-likeness (QED) is 0.833. The number of nitriles is 1. The van der Waals surface area contributed by atoms with Gasteiger partial charge in [0.25, 0.3) is 0 Å². The van der Waals surface area contributed by atoms with Gasteiger partial charge in [0, 0.05) is 19.6 Å². The van der Waals surface area contributed by atoms with Crippen molar-refractivity contribution >= 4 is 11.6 Å². The monoisotopic (exact) mass is 258 g/mol. The van der Waals surface area contributed by atoms with Crippen molar-refractivity contribution in [3.8, 4) is 6.07 Å². The second-order valence-electron chi connectivity index (χ2n) is 4.65. The highest BCUT2D eigenvalue weighted by Crippen LogP contribution is 2.24. The van der Waals surface area contributed by atoms with Gasteiger partial charge in [0.2, 0.25) is 5.91 Å². The van der Waals surface area contributed by atoms with Crippen molar-refractivity contribution in [3.63, 3.8) is 0 Å². The van der Waals surface area contributed by atoms with Crippen molar-refractivity contribution in [1.82, 2.24) is 10.6 Å². The van der Waals surface area contributed by atoms with Crippen LogP contribution in [0.4, 0.5) is 5.69 Å². The lowest BCUT2D eigenvalue weighted by molar-refractivity contribution is -0.122. The van der Waals surface area contributed by atoms with Crippen LogP contribution in [0.5, 0.6) is 0 Å². The molecule has 2 N–H and O–H groups in total. The molecular weight excluding hydrogens is 240 g/mol. The number of benzene rings is 1. The van der Waals surface area contributed by atoms with Gasteiger partial charge < -0.3 is 15.5 Å². The smallest absolute Gasteiger partial charge is 0.242 e. The third-order valence-electron chi connectivity index (χ3n) is 3.37. The second-order valence-corrected chi connectivity index (χ2v) is 4.65. The molecule has 0 spiro atoms. The average Bonchev–Trinajstić information content (AvgIpc) is 2.42. The first-order valence-electron chi connectivity index (χ1n) is 6.39. The average molecular weight is 258 g/mol. The molecule has 1 aromatic rings. The lowest BCUT2D eigenvalue weighted by atomic mass is 10.1. The fourth-order valence-corrected chi connectivity index (χ4v) is 2.35. The molecule has 19 heavy (non-hydrogen) atoms. The molecule has 100 valence electrons. The third kappa shape index (κ3) is 2.69. The van der Waals surface area contributed by atoms with Crippen LogP contribution in [-0.2, 0) is 11.3 Å². The number of nitrogens with zero attached hydrogens (tertiary/aromatic N) is 2. The molecule has 1 aliphatic heterocycles. The van der Waals surface area contributed by atoms with Crippen LogP contribution >= 0.6 is 0 Å². The molecule has 0 radical (unpaired) electrons. The molecule has 1 amide bonds. The second kappa shape index (κ2) is 5.72. The first kappa shape index (κ1) is 13.4. The van der Waals surface area contributed by atoms with Crippen LogP contribution in [-0.4, -0.2) is 32.1 Å². The minimum absolute atomic E-state index is 0.00874. The van der Waals surface area contributed by atoms with Crippen LogP contribution in [0, 0.1) is 11.3 Å². The molecule has 1 saturated heterocycles. The number of rotatable bonds is 3. The van der Waals surface area contributed by atoms with E-state index in [1.54, 1.807) is 0 Å². The molecule has 1 fully saturated rings. The number of hydrogen-bond donors (Lipinski definition) is 2. The molecule has 5 nitrogen and oxygen atoms in total. The van der Waals surface area contributed by atoms with Gasteiger partial charge in [-0.05, 0) is 31.7 Å². The minimum atomic E-state index is -0.240. The summed E-state index contributed by atoms with van der Waals surface area (Å²) in [5.41, 5.74) is 2.52. The Morgan fingerprint density at radius 1 is 1.58 bits per heavy atom. The maximum Gasteiger partial charge on any atom is 0.242 e. The maximum absolute atomic E-state index is 11.7. The molecule has 0 aromatic heterocycles. The normalized spacial score (nSPS) is 18.9. The zero-order valence-electron chi connectivity index (χ0n) is 11.2. The standard InChI is InChI=1S/C14H18N4O/c1-10-14(19)17-5-6-18(10)13-4-3-11(9-16-2)7-12(13)8-15/h3-4,7,10,16H,5-6,9H2,1-2H3,(H,17,19). The molecule has 0 saturated carbocycles. The van der Waals surface area contributed by atoms with Gasteiger partial charge in [-0.1, -0.05) is 6.07 Å². The lowest BCUT2D eigenvalue weighted by Gasteiger charge is -2.35. The maximum atomic E-state index is 11.7. The van der Waals surface area contributed by atoms with E-state index in [9.17, 15) is 10.1 Å². The van der Waals surface area contributed by atoms with Gasteiger partial charge in [-0.3, -0.25) is 4.79 Å². The van der Waals surface area contributed by atoms with Gasteiger partial charge in [-0.2, -0.15) is 5.26 Å². The van der Waals surface area contributed by atoms with Gasteiger partial charge in [0.1, 0.15) is 12.1 Å². The van der Waals surface area contributed by atoms with Gasteiger partial charge in [0.15, 0.2) is 0 Å². The highest BCUT2D eigenvalue weighted by Gasteiger charge is 2.27. The van der Waals surface area contributed by atoms with Crippen molar-refractivity contribution in [3.05, 3.63) is 29.3 Å². The molecule has 0 bridgehead atoms. The Morgan fingerprint density at radius 3 is 3.05 bits per heavy atom. The van der Waals surface area contributed by atoms with E-state index >= 15 is 0 Å². The minimum Gasteiger partial charge on any atom is -0.357 e. The molecular formula is C14H18N4O. The van der Waals surface area contributed by atoms with Crippen LogP contribution < -0.4 is 15.5 Å². The SMILES string of the molecule is CNCc1ccc(N2CCNC(=O)C2C)c(C#N)c1. The Hall–Kier alpha value is -2.06. The number of carbonyl (C=O) groups excluding carboxylic acids is 1. The molecule has 1 unspecified atom stereocenters. The molecule has 1 aromatic carbocycles. The van der Waals surface area contributed by atoms with Crippen molar-refractivity contribution in [2.75, 3.05) is 25.0 Å². The lowest BCUT2D eigenvalue weighted by Crippen LogP contribution is -2.54. The number of nitrogens with one attached hydrogen (secondary N) is 2. The molecule has 1 heterocycles. The predicted octanol–water partition coefficient (Wildman–Crippen LogP) is 0.602. The van der Waals surface area contributed by atoms with Gasteiger partial charge in [-0.15, -0.1) is 0 Å². The first-order chi connectivity index (χ1) is 9.17. The van der Waals surface area contributed by atoms with E-state index in [-0.39, 0.29) is 11.9 Å². The summed E-state index contributed by atoms with van der Waals surface area (Å²) in [5.74, 6) is 0.00874. The van der Waals surface area contributed by atoms with Crippen LogP contribution in [0.25, 0.3) is 0 Å². The molecule has 1 atom stereocenters. The number of piperazine rings is 1. The topological polar surface area (TPSA) is 68.2 Å². The summed E-state index contributed by atoms with van der Waals surface area (Å²) in [6.07, 6.45) is 0. The number of carbonyl (C=O) groups is 1. The van der Waals surface area contributed by atoms with Gasteiger partial charge in [0.05, 0.1) is 11.3 Å². The van der Waals surface area contributed by atoms with E-state index in [4.69, 9.17) is 0 Å². The highest BCUT2D eigenvalue weighted by atomic mass is 16.2. The summed E-state index contributed by atoms with van der Waals surface area (Å²) < 4.78 is 0. The molecule has 2 rings (SSSR count). The fraction of sp³-hybridized carbons (Fsp3) is 0.429. The third-order valence-corrected chi connectivity index (χ3v) is 3.37. The van der Waals surface area contributed by atoms with E-state index < -0.39 is 0 Å². The number of anilines is 1. The van der Waals surface area contributed by atoms with Crippen LogP contribution in [0.1, 0.15) is 18.1 Å². The Morgan fingerprint density at radius 2 is 2.37 bits per heavy atom. The van der Waals surface area contributed by atoms with E-state index in [1.807, 2.05) is 37.1 Å². The highest BCUT2D eigenvalue weighted by molar-refractivity contribution is 5.86.